The fourth-order valence-electron chi connectivity index (χ4n) is 3.25. The molecule has 0 saturated carbocycles. The molecule has 1 fully saturated rings. The Balaban J connectivity index is 1.57. The molecule has 4 N–H and O–H groups in total. The number of aryl methyl sites for hydroxylation is 2. The molecule has 2 heterocycles. The van der Waals surface area contributed by atoms with Crippen molar-refractivity contribution in [1.82, 2.24) is 20.4 Å². The number of hydrogen-bond donors (Lipinski definition) is 3. The van der Waals surface area contributed by atoms with Gasteiger partial charge in [-0.1, -0.05) is 59.7 Å². The predicted molar refractivity (Wildman–Crippen MR) is 116 cm³/mol. The normalized spacial score (nSPS) is 17.7. The van der Waals surface area contributed by atoms with Crippen LogP contribution in [0, 0.1) is 13.8 Å². The van der Waals surface area contributed by atoms with E-state index >= 15 is 0 Å². The van der Waals surface area contributed by atoms with Gasteiger partial charge in [-0.2, -0.15) is 4.99 Å². The van der Waals surface area contributed by atoms with Gasteiger partial charge in [0, 0.05) is 6.42 Å². The Bertz CT molecular complexity index is 1020. The zero-order valence-electron chi connectivity index (χ0n) is 15.8. The highest BCUT2D eigenvalue weighted by atomic mass is 32.1. The molecule has 0 unspecified atom stereocenters. The zero-order chi connectivity index (χ0) is 19.7. The molecule has 4 rings (SSSR count). The number of aromatic nitrogens is 2. The molecule has 28 heavy (non-hydrogen) atoms. The van der Waals surface area contributed by atoms with Gasteiger partial charge in [-0.05, 0) is 37.2 Å². The summed E-state index contributed by atoms with van der Waals surface area (Å²) in [6, 6.07) is 16.6. The fraction of sp³-hybridized carbons (Fsp3) is 0.190. The second-order valence-corrected chi connectivity index (χ2v) is 7.41. The average molecular weight is 391 g/mol. The highest BCUT2D eigenvalue weighted by molar-refractivity contribution is 7.80. The van der Waals surface area contributed by atoms with Crippen molar-refractivity contribution in [2.75, 3.05) is 0 Å². The van der Waals surface area contributed by atoms with Gasteiger partial charge in [0.2, 0.25) is 5.95 Å². The molecule has 0 radical (unpaired) electrons. The number of benzene rings is 2. The van der Waals surface area contributed by atoms with Gasteiger partial charge in [0.05, 0.1) is 17.9 Å². The van der Waals surface area contributed by atoms with Crippen molar-refractivity contribution >= 4 is 29.1 Å². The van der Waals surface area contributed by atoms with Gasteiger partial charge in [0.15, 0.2) is 5.11 Å². The Morgan fingerprint density at radius 1 is 1.11 bits per heavy atom. The number of aliphatic imine (C=N–C) groups is 1. The molecule has 0 bridgehead atoms. The van der Waals surface area contributed by atoms with E-state index < -0.39 is 0 Å². The summed E-state index contributed by atoms with van der Waals surface area (Å²) in [6.07, 6.45) is 2.46. The second kappa shape index (κ2) is 7.44. The minimum Gasteiger partial charge on any atom is -0.375 e. The summed E-state index contributed by atoms with van der Waals surface area (Å²) in [5, 5.41) is 2.07. The first-order valence-electron chi connectivity index (χ1n) is 9.11. The van der Waals surface area contributed by atoms with Crippen LogP contribution in [0.25, 0.3) is 11.3 Å². The predicted octanol–water partition coefficient (Wildman–Crippen LogP) is 3.92. The maximum Gasteiger partial charge on any atom is 0.229 e. The van der Waals surface area contributed by atoms with Crippen LogP contribution in [-0.4, -0.2) is 25.9 Å². The van der Waals surface area contributed by atoms with E-state index in [1.165, 1.54) is 11.1 Å². The van der Waals surface area contributed by atoms with Gasteiger partial charge in [-0.25, -0.2) is 4.98 Å². The van der Waals surface area contributed by atoms with Crippen molar-refractivity contribution in [3.8, 4) is 11.3 Å². The molecule has 2 aromatic carbocycles. The Morgan fingerprint density at radius 2 is 1.75 bits per heavy atom. The number of aromatic amines is 1. The van der Waals surface area contributed by atoms with Crippen LogP contribution in [0.4, 0.5) is 5.95 Å². The highest BCUT2D eigenvalue weighted by Crippen LogP contribution is 2.29. The van der Waals surface area contributed by atoms with E-state index in [0.717, 1.165) is 22.7 Å². The SMILES string of the molecule is Cc1ccc(-c2cnc(N=C3C[C@H](c4ccc(C)cc4)N(C(N)=S)N3)[nH]2)cc1. The molecule has 1 aliphatic heterocycles. The summed E-state index contributed by atoms with van der Waals surface area (Å²) in [5.41, 5.74) is 14.7. The van der Waals surface area contributed by atoms with Crippen LogP contribution in [-0.2, 0) is 0 Å². The third-order valence-corrected chi connectivity index (χ3v) is 5.01. The Kier molecular flexibility index (Phi) is 4.83. The fourth-order valence-corrected chi connectivity index (χ4v) is 3.42. The number of nitrogens with zero attached hydrogens (tertiary/aromatic N) is 3. The van der Waals surface area contributed by atoms with Crippen molar-refractivity contribution in [2.45, 2.75) is 26.3 Å². The lowest BCUT2D eigenvalue weighted by atomic mass is 10.0. The van der Waals surface area contributed by atoms with Gasteiger partial charge in [0.1, 0.15) is 5.84 Å². The first-order chi connectivity index (χ1) is 13.5. The minimum atomic E-state index is 0.00313. The van der Waals surface area contributed by atoms with Crippen molar-refractivity contribution in [3.05, 3.63) is 71.4 Å². The molecule has 1 saturated heterocycles. The number of H-pyrrole nitrogens is 1. The third kappa shape index (κ3) is 3.75. The second-order valence-electron chi connectivity index (χ2n) is 7.00. The Morgan fingerprint density at radius 3 is 2.39 bits per heavy atom. The van der Waals surface area contributed by atoms with Gasteiger partial charge in [-0.3, -0.25) is 10.4 Å². The lowest BCUT2D eigenvalue weighted by molar-refractivity contribution is 0.333. The third-order valence-electron chi connectivity index (χ3n) is 4.81. The number of nitrogens with two attached hydrogens (primary N) is 1. The molecule has 142 valence electrons. The van der Waals surface area contributed by atoms with Crippen LogP contribution in [0.3, 0.4) is 0 Å². The average Bonchev–Trinajstić information content (AvgIpc) is 3.31. The van der Waals surface area contributed by atoms with Crippen LogP contribution in [0.5, 0.6) is 0 Å². The van der Waals surface area contributed by atoms with E-state index in [1.807, 2.05) is 0 Å². The summed E-state index contributed by atoms with van der Waals surface area (Å²) in [7, 11) is 0. The van der Waals surface area contributed by atoms with Crippen LogP contribution in [0.2, 0.25) is 0 Å². The van der Waals surface area contributed by atoms with Crippen molar-refractivity contribution in [1.29, 1.82) is 0 Å². The van der Waals surface area contributed by atoms with Crippen LogP contribution in [0.15, 0.2) is 59.7 Å². The smallest absolute Gasteiger partial charge is 0.229 e. The molecule has 0 amide bonds. The van der Waals surface area contributed by atoms with Crippen molar-refractivity contribution in [2.24, 2.45) is 10.7 Å². The van der Waals surface area contributed by atoms with E-state index in [0.29, 0.717) is 12.4 Å². The van der Waals surface area contributed by atoms with E-state index in [2.05, 4.69) is 82.8 Å². The Hall–Kier alpha value is -3.19. The summed E-state index contributed by atoms with van der Waals surface area (Å²) >= 11 is 5.22. The van der Waals surface area contributed by atoms with E-state index in [9.17, 15) is 0 Å². The number of amidine groups is 1. The Labute approximate surface area is 169 Å². The maximum absolute atomic E-state index is 5.92. The van der Waals surface area contributed by atoms with E-state index in [1.54, 1.807) is 11.2 Å². The first kappa shape index (κ1) is 18.2. The van der Waals surface area contributed by atoms with Gasteiger partial charge in [0.25, 0.3) is 0 Å². The van der Waals surface area contributed by atoms with Crippen LogP contribution in [0.1, 0.15) is 29.2 Å². The molecule has 1 aromatic heterocycles. The number of imidazole rings is 1. The monoisotopic (exact) mass is 390 g/mol. The quantitative estimate of drug-likeness (QED) is 0.591. The highest BCUT2D eigenvalue weighted by Gasteiger charge is 2.31. The first-order valence-corrected chi connectivity index (χ1v) is 9.52. The lowest BCUT2D eigenvalue weighted by Gasteiger charge is -2.24. The summed E-state index contributed by atoms with van der Waals surface area (Å²) in [5.74, 6) is 1.31. The minimum absolute atomic E-state index is 0.00313. The molecule has 0 aliphatic carbocycles. The van der Waals surface area contributed by atoms with Gasteiger partial charge >= 0.3 is 0 Å². The molecule has 6 nitrogen and oxygen atoms in total. The summed E-state index contributed by atoms with van der Waals surface area (Å²) in [6.45, 7) is 4.13. The molecular weight excluding hydrogens is 368 g/mol. The molecule has 1 atom stereocenters. The molecule has 7 heteroatoms. The standard InChI is InChI=1S/C21H22N6S/c1-13-3-7-15(8-4-13)17-12-23-21(24-17)25-19-11-18(27(26-19)20(22)28)16-9-5-14(2)6-10-16/h3-10,12,18H,11H2,1-2H3,(H2,22,28)(H2,23,24,25,26)/t18-/m1/s1. The number of hydrogen-bond acceptors (Lipinski definition) is 3. The summed E-state index contributed by atoms with van der Waals surface area (Å²) < 4.78 is 0. The molecular formula is C21H22N6S. The number of hydrazine groups is 1. The topological polar surface area (TPSA) is 82.3 Å². The number of thiocarbonyl (C=S) groups is 1. The summed E-state index contributed by atoms with van der Waals surface area (Å²) in [4.78, 5) is 12.3. The molecule has 0 spiro atoms. The largest absolute Gasteiger partial charge is 0.375 e. The lowest BCUT2D eigenvalue weighted by Crippen LogP contribution is -2.43. The van der Waals surface area contributed by atoms with Crippen molar-refractivity contribution in [3.63, 3.8) is 0 Å². The number of rotatable bonds is 3. The van der Waals surface area contributed by atoms with Gasteiger partial charge < -0.3 is 10.7 Å². The van der Waals surface area contributed by atoms with Crippen LogP contribution < -0.4 is 11.2 Å². The van der Waals surface area contributed by atoms with E-state index in [4.69, 9.17) is 18.0 Å². The molecule has 1 aliphatic rings. The number of nitrogens with one attached hydrogen (secondary N) is 2. The zero-order valence-corrected chi connectivity index (χ0v) is 16.6. The van der Waals surface area contributed by atoms with Gasteiger partial charge in [-0.15, -0.1) is 0 Å². The van der Waals surface area contributed by atoms with Crippen LogP contribution >= 0.6 is 12.2 Å². The maximum atomic E-state index is 5.92. The van der Waals surface area contributed by atoms with E-state index in [-0.39, 0.29) is 11.2 Å². The molecule has 3 aromatic rings. The van der Waals surface area contributed by atoms with Crippen molar-refractivity contribution < 1.29 is 0 Å².